The number of morpholine rings is 1. The lowest BCUT2D eigenvalue weighted by molar-refractivity contribution is 0.0730. The summed E-state index contributed by atoms with van der Waals surface area (Å²) in [5, 5.41) is 2.90. The second-order valence-corrected chi connectivity index (χ2v) is 10.1. The van der Waals surface area contributed by atoms with Crippen LogP contribution in [0.1, 0.15) is 42.1 Å². The number of carbonyl (C=O) groups excluding carboxylic acids is 1. The molecule has 32 heavy (non-hydrogen) atoms. The Hall–Kier alpha value is -2.42. The lowest BCUT2D eigenvalue weighted by Gasteiger charge is -2.28. The molecule has 0 aromatic heterocycles. The van der Waals surface area contributed by atoms with Gasteiger partial charge in [0.15, 0.2) is 0 Å². The average Bonchev–Trinajstić information content (AvgIpc) is 2.85. The zero-order valence-corrected chi connectivity index (χ0v) is 19.4. The van der Waals surface area contributed by atoms with Crippen molar-refractivity contribution in [3.63, 3.8) is 0 Å². The van der Waals surface area contributed by atoms with Crippen LogP contribution in [0.2, 0.25) is 0 Å². The Labute approximate surface area is 190 Å². The van der Waals surface area contributed by atoms with Gasteiger partial charge in [0, 0.05) is 43.1 Å². The Morgan fingerprint density at radius 1 is 0.969 bits per heavy atom. The molecule has 0 unspecified atom stereocenters. The second-order valence-electron chi connectivity index (χ2n) is 8.24. The zero-order valence-electron chi connectivity index (χ0n) is 18.5. The van der Waals surface area contributed by atoms with Crippen LogP contribution in [0.3, 0.4) is 0 Å². The molecule has 2 heterocycles. The molecule has 0 bridgehead atoms. The molecule has 2 aromatic rings. The van der Waals surface area contributed by atoms with E-state index >= 15 is 0 Å². The summed E-state index contributed by atoms with van der Waals surface area (Å²) < 4.78 is 33.2. The number of carbonyl (C=O) groups is 1. The summed E-state index contributed by atoms with van der Waals surface area (Å²) in [6.45, 7) is 5.46. The number of hydrogen-bond acceptors (Lipinski definition) is 5. The van der Waals surface area contributed by atoms with Gasteiger partial charge in [0.1, 0.15) is 0 Å². The minimum atomic E-state index is -3.68. The Morgan fingerprint density at radius 2 is 1.66 bits per heavy atom. The maximum Gasteiger partial charge on any atom is 0.255 e. The van der Waals surface area contributed by atoms with Crippen molar-refractivity contribution in [2.75, 3.05) is 49.6 Å². The van der Waals surface area contributed by atoms with Crippen molar-refractivity contribution in [2.45, 2.75) is 37.5 Å². The van der Waals surface area contributed by atoms with Crippen molar-refractivity contribution in [3.05, 3.63) is 53.6 Å². The van der Waals surface area contributed by atoms with E-state index in [1.807, 2.05) is 31.2 Å². The normalized spacial score (nSPS) is 17.8. The molecule has 2 fully saturated rings. The zero-order chi connectivity index (χ0) is 22.6. The number of benzene rings is 2. The summed E-state index contributed by atoms with van der Waals surface area (Å²) in [7, 11) is -3.68. The smallest absolute Gasteiger partial charge is 0.255 e. The number of nitrogens with zero attached hydrogens (tertiary/aromatic N) is 2. The standard InChI is InChI=1S/C24H31N3O4S/c1-2-19-6-7-20(18-23(19)32(29,30)27-14-16-31-17-15-27)24(28)25-21-8-10-22(11-9-21)26-12-4-3-5-13-26/h6-11,18H,2-5,12-17H2,1H3,(H,25,28). The van der Waals surface area contributed by atoms with Gasteiger partial charge >= 0.3 is 0 Å². The van der Waals surface area contributed by atoms with Gasteiger partial charge in [0.05, 0.1) is 18.1 Å². The predicted molar refractivity (Wildman–Crippen MR) is 126 cm³/mol. The van der Waals surface area contributed by atoms with E-state index in [0.717, 1.165) is 18.8 Å². The molecule has 1 amide bonds. The molecule has 0 saturated carbocycles. The highest BCUT2D eigenvalue weighted by Crippen LogP contribution is 2.25. The molecule has 0 aliphatic carbocycles. The summed E-state index contributed by atoms with van der Waals surface area (Å²) in [5.41, 5.74) is 2.88. The lowest BCUT2D eigenvalue weighted by atomic mass is 10.1. The number of aryl methyl sites for hydroxylation is 1. The van der Waals surface area contributed by atoms with E-state index in [9.17, 15) is 13.2 Å². The van der Waals surface area contributed by atoms with Crippen molar-refractivity contribution in [2.24, 2.45) is 0 Å². The van der Waals surface area contributed by atoms with Gasteiger partial charge in [-0.1, -0.05) is 13.0 Å². The summed E-state index contributed by atoms with van der Waals surface area (Å²) in [6, 6.07) is 12.8. The van der Waals surface area contributed by atoms with E-state index < -0.39 is 10.0 Å². The number of piperidine rings is 1. The monoisotopic (exact) mass is 457 g/mol. The number of anilines is 2. The predicted octanol–water partition coefficient (Wildman–Crippen LogP) is 3.51. The lowest BCUT2D eigenvalue weighted by Crippen LogP contribution is -2.41. The van der Waals surface area contributed by atoms with Crippen molar-refractivity contribution in [3.8, 4) is 0 Å². The topological polar surface area (TPSA) is 79.0 Å². The van der Waals surface area contributed by atoms with E-state index in [0.29, 0.717) is 49.5 Å². The van der Waals surface area contributed by atoms with Gasteiger partial charge in [-0.2, -0.15) is 4.31 Å². The van der Waals surface area contributed by atoms with Gasteiger partial charge in [-0.05, 0) is 67.6 Å². The molecule has 1 N–H and O–H groups in total. The Balaban J connectivity index is 1.52. The van der Waals surface area contributed by atoms with Gasteiger partial charge < -0.3 is 15.0 Å². The van der Waals surface area contributed by atoms with Crippen LogP contribution in [0.15, 0.2) is 47.4 Å². The third kappa shape index (κ3) is 4.98. The van der Waals surface area contributed by atoms with Gasteiger partial charge in [-0.3, -0.25) is 4.79 Å². The van der Waals surface area contributed by atoms with Gasteiger partial charge in [-0.25, -0.2) is 8.42 Å². The fraction of sp³-hybridized carbons (Fsp3) is 0.458. The Bertz CT molecular complexity index is 1040. The van der Waals surface area contributed by atoms with Crippen molar-refractivity contribution in [1.29, 1.82) is 0 Å². The second kappa shape index (κ2) is 10.0. The van der Waals surface area contributed by atoms with Crippen LogP contribution >= 0.6 is 0 Å². The molecule has 2 aliphatic heterocycles. The Kier molecular flexibility index (Phi) is 7.13. The summed E-state index contributed by atoms with van der Waals surface area (Å²) in [4.78, 5) is 15.5. The van der Waals surface area contributed by atoms with Gasteiger partial charge in [0.25, 0.3) is 5.91 Å². The first-order valence-corrected chi connectivity index (χ1v) is 12.8. The summed E-state index contributed by atoms with van der Waals surface area (Å²) in [6.07, 6.45) is 4.27. The van der Waals surface area contributed by atoms with E-state index in [-0.39, 0.29) is 10.8 Å². The Morgan fingerprint density at radius 3 is 2.31 bits per heavy atom. The highest BCUT2D eigenvalue weighted by molar-refractivity contribution is 7.89. The van der Waals surface area contributed by atoms with Gasteiger partial charge in [0.2, 0.25) is 10.0 Å². The molecule has 4 rings (SSSR count). The molecule has 2 saturated heterocycles. The fourth-order valence-electron chi connectivity index (χ4n) is 4.26. The molecular formula is C24H31N3O4S. The van der Waals surface area contributed by atoms with Crippen LogP contribution in [-0.2, 0) is 21.2 Å². The average molecular weight is 458 g/mol. The van der Waals surface area contributed by atoms with Crippen LogP contribution in [0.5, 0.6) is 0 Å². The van der Waals surface area contributed by atoms with Crippen molar-refractivity contribution in [1.82, 2.24) is 4.31 Å². The maximum absolute atomic E-state index is 13.2. The maximum atomic E-state index is 13.2. The molecule has 2 aromatic carbocycles. The van der Waals surface area contributed by atoms with Crippen molar-refractivity contribution < 1.29 is 17.9 Å². The molecule has 0 atom stereocenters. The minimum Gasteiger partial charge on any atom is -0.379 e. The van der Waals surface area contributed by atoms with Crippen LogP contribution in [-0.4, -0.2) is 58.0 Å². The van der Waals surface area contributed by atoms with E-state index in [1.165, 1.54) is 29.6 Å². The SMILES string of the molecule is CCc1ccc(C(=O)Nc2ccc(N3CCCCC3)cc2)cc1S(=O)(=O)N1CCOCC1. The van der Waals surface area contributed by atoms with E-state index in [1.54, 1.807) is 12.1 Å². The summed E-state index contributed by atoms with van der Waals surface area (Å²) in [5.74, 6) is -0.322. The number of rotatable bonds is 6. The first-order valence-electron chi connectivity index (χ1n) is 11.4. The largest absolute Gasteiger partial charge is 0.379 e. The van der Waals surface area contributed by atoms with E-state index in [2.05, 4.69) is 10.2 Å². The molecule has 7 nitrogen and oxygen atoms in total. The quantitative estimate of drug-likeness (QED) is 0.718. The highest BCUT2D eigenvalue weighted by Gasteiger charge is 2.29. The minimum absolute atomic E-state index is 0.204. The number of nitrogens with one attached hydrogen (secondary N) is 1. The van der Waals surface area contributed by atoms with Crippen LogP contribution < -0.4 is 10.2 Å². The van der Waals surface area contributed by atoms with Gasteiger partial charge in [-0.15, -0.1) is 0 Å². The van der Waals surface area contributed by atoms with Crippen LogP contribution in [0, 0.1) is 0 Å². The molecule has 0 spiro atoms. The van der Waals surface area contributed by atoms with Crippen LogP contribution in [0.25, 0.3) is 0 Å². The molecule has 0 radical (unpaired) electrons. The van der Waals surface area contributed by atoms with Crippen LogP contribution in [0.4, 0.5) is 11.4 Å². The molecule has 8 heteroatoms. The fourth-order valence-corrected chi connectivity index (χ4v) is 5.99. The first-order chi connectivity index (χ1) is 15.5. The highest BCUT2D eigenvalue weighted by atomic mass is 32.2. The molecule has 2 aliphatic rings. The number of sulfonamides is 1. The number of ether oxygens (including phenoxy) is 1. The first kappa shape index (κ1) is 22.8. The summed E-state index contributed by atoms with van der Waals surface area (Å²) >= 11 is 0. The van der Waals surface area contributed by atoms with Crippen molar-refractivity contribution >= 4 is 27.3 Å². The molecular weight excluding hydrogens is 426 g/mol. The third-order valence-corrected chi connectivity index (χ3v) is 8.13. The number of amides is 1. The number of hydrogen-bond donors (Lipinski definition) is 1. The molecule has 172 valence electrons. The third-order valence-electron chi connectivity index (χ3n) is 6.14. The van der Waals surface area contributed by atoms with E-state index in [4.69, 9.17) is 4.74 Å².